The number of likely N-dealkylation sites (tertiary alicyclic amines) is 1. The molecule has 2 atom stereocenters. The van der Waals surface area contributed by atoms with Crippen LogP contribution >= 0.6 is 15.9 Å². The van der Waals surface area contributed by atoms with Crippen molar-refractivity contribution in [2.45, 2.75) is 25.3 Å². The van der Waals surface area contributed by atoms with Crippen molar-refractivity contribution in [1.29, 1.82) is 0 Å². The summed E-state index contributed by atoms with van der Waals surface area (Å²) in [4.78, 5) is 18.2. The summed E-state index contributed by atoms with van der Waals surface area (Å²) in [7, 11) is 0. The van der Waals surface area contributed by atoms with Crippen LogP contribution in [-0.2, 0) is 0 Å². The number of nitrogens with two attached hydrogens (primary N) is 1. The summed E-state index contributed by atoms with van der Waals surface area (Å²) >= 11 is 3.44. The van der Waals surface area contributed by atoms with E-state index in [1.54, 1.807) is 12.3 Å². The van der Waals surface area contributed by atoms with Crippen LogP contribution in [0.15, 0.2) is 16.7 Å². The van der Waals surface area contributed by atoms with E-state index in [-0.39, 0.29) is 11.6 Å². The van der Waals surface area contributed by atoms with Gasteiger partial charge in [0.2, 0.25) is 0 Å². The van der Waals surface area contributed by atoms with Gasteiger partial charge in [-0.25, -0.2) is 4.79 Å². The first-order chi connectivity index (χ1) is 8.99. The molecule has 0 unspecified atom stereocenters. The topological polar surface area (TPSA) is 71.2 Å². The Morgan fingerprint density at radius 2 is 2.47 bits per heavy atom. The first kappa shape index (κ1) is 12.9. The summed E-state index contributed by atoms with van der Waals surface area (Å²) < 4.78 is 0.827. The van der Waals surface area contributed by atoms with Gasteiger partial charge in [0.25, 0.3) is 0 Å². The van der Waals surface area contributed by atoms with Crippen LogP contribution in [0.1, 0.15) is 18.5 Å². The number of amides is 2. The average Bonchev–Trinajstić information content (AvgIpc) is 2.59. The number of hydrogen-bond donors (Lipinski definition) is 2. The van der Waals surface area contributed by atoms with E-state index in [2.05, 4.69) is 26.2 Å². The quantitative estimate of drug-likeness (QED) is 0.831. The number of carbonyl (C=O) groups is 1. The molecule has 6 heteroatoms. The van der Waals surface area contributed by atoms with Gasteiger partial charge in [-0.2, -0.15) is 0 Å². The number of fused-ring (bicyclic) bond motifs is 1. The lowest BCUT2D eigenvalue weighted by Gasteiger charge is -2.39. The number of pyridine rings is 1. The molecule has 102 valence electrons. The summed E-state index contributed by atoms with van der Waals surface area (Å²) in [5.41, 5.74) is 7.72. The van der Waals surface area contributed by atoms with E-state index in [9.17, 15) is 4.79 Å². The maximum Gasteiger partial charge on any atom is 0.321 e. The average molecular weight is 325 g/mol. The van der Waals surface area contributed by atoms with Crippen molar-refractivity contribution in [1.82, 2.24) is 9.88 Å². The molecule has 0 spiro atoms. The zero-order valence-electron chi connectivity index (χ0n) is 10.8. The first-order valence-corrected chi connectivity index (χ1v) is 7.25. The Hall–Kier alpha value is -1.14. The van der Waals surface area contributed by atoms with Crippen molar-refractivity contribution < 1.29 is 4.79 Å². The maximum atomic E-state index is 12.3. The molecule has 1 saturated carbocycles. The van der Waals surface area contributed by atoms with Crippen LogP contribution in [-0.4, -0.2) is 34.5 Å². The van der Waals surface area contributed by atoms with Crippen molar-refractivity contribution in [3.63, 3.8) is 0 Å². The van der Waals surface area contributed by atoms with E-state index in [0.717, 1.165) is 35.2 Å². The van der Waals surface area contributed by atoms with Gasteiger partial charge in [0.05, 0.1) is 15.9 Å². The molecular weight excluding hydrogens is 308 g/mol. The lowest BCUT2D eigenvalue weighted by Crippen LogP contribution is -2.54. The number of nitrogens with zero attached hydrogens (tertiary/aromatic N) is 2. The third-order valence-corrected chi connectivity index (χ3v) is 5.29. The van der Waals surface area contributed by atoms with E-state index in [1.807, 2.05) is 11.8 Å². The zero-order valence-corrected chi connectivity index (χ0v) is 12.4. The van der Waals surface area contributed by atoms with Gasteiger partial charge in [0.15, 0.2) is 0 Å². The minimum atomic E-state index is -0.136. The molecule has 19 heavy (non-hydrogen) atoms. The number of nitrogens with one attached hydrogen (secondary N) is 1. The molecule has 2 amide bonds. The number of carbonyl (C=O) groups excluding carboxylic acids is 1. The van der Waals surface area contributed by atoms with Crippen molar-refractivity contribution in [3.05, 3.63) is 22.4 Å². The monoisotopic (exact) mass is 324 g/mol. The van der Waals surface area contributed by atoms with Gasteiger partial charge < -0.3 is 16.0 Å². The highest BCUT2D eigenvalue weighted by Gasteiger charge is 2.51. The number of anilines is 1. The number of aryl methyl sites for hydroxylation is 1. The Balaban J connectivity index is 1.71. The number of halogens is 1. The number of aromatic nitrogens is 1. The molecule has 0 aromatic carbocycles. The Bertz CT molecular complexity index is 535. The van der Waals surface area contributed by atoms with Gasteiger partial charge in [-0.05, 0) is 47.7 Å². The molecule has 3 N–H and O–H groups in total. The zero-order chi connectivity index (χ0) is 13.6. The van der Waals surface area contributed by atoms with Gasteiger partial charge in [0.1, 0.15) is 0 Å². The molecule has 0 bridgehead atoms. The standard InChI is InChI=1S/C13H17BrN4O/c1-8-11(14)10(3-5-16-8)17-12(19)18-6-9-2-4-13(9,15)7-18/h3,5,9H,2,4,6-7,15H2,1H3,(H,16,17,19)/t9-,13-/m0/s1. The van der Waals surface area contributed by atoms with Crippen LogP contribution in [0.25, 0.3) is 0 Å². The van der Waals surface area contributed by atoms with Gasteiger partial charge in [-0.3, -0.25) is 4.98 Å². The fraction of sp³-hybridized carbons (Fsp3) is 0.538. The molecule has 3 rings (SSSR count). The smallest absolute Gasteiger partial charge is 0.321 e. The largest absolute Gasteiger partial charge is 0.323 e. The highest BCUT2D eigenvalue weighted by molar-refractivity contribution is 9.10. The molecule has 2 heterocycles. The van der Waals surface area contributed by atoms with Gasteiger partial charge in [0, 0.05) is 24.8 Å². The fourth-order valence-corrected chi connectivity index (χ4v) is 3.21. The SMILES string of the molecule is Cc1nccc(NC(=O)N2C[C@@H]3CC[C@]3(N)C2)c1Br. The van der Waals surface area contributed by atoms with Crippen molar-refractivity contribution in [3.8, 4) is 0 Å². The number of hydrogen-bond acceptors (Lipinski definition) is 3. The van der Waals surface area contributed by atoms with Crippen LogP contribution in [0, 0.1) is 12.8 Å². The lowest BCUT2D eigenvalue weighted by molar-refractivity contribution is 0.188. The second-order valence-electron chi connectivity index (χ2n) is 5.54. The minimum Gasteiger partial charge on any atom is -0.323 e. The third-order valence-electron chi connectivity index (χ3n) is 4.29. The Labute approximate surface area is 120 Å². The fourth-order valence-electron chi connectivity index (χ4n) is 2.88. The first-order valence-electron chi connectivity index (χ1n) is 6.45. The third kappa shape index (κ3) is 2.12. The molecule has 2 fully saturated rings. The van der Waals surface area contributed by atoms with E-state index >= 15 is 0 Å². The minimum absolute atomic E-state index is 0.0782. The molecule has 1 aliphatic carbocycles. The van der Waals surface area contributed by atoms with Crippen molar-refractivity contribution in [2.24, 2.45) is 11.7 Å². The summed E-state index contributed by atoms with van der Waals surface area (Å²) in [6.07, 6.45) is 3.85. The van der Waals surface area contributed by atoms with E-state index in [4.69, 9.17) is 5.73 Å². The molecule has 1 aliphatic heterocycles. The Morgan fingerprint density at radius 1 is 1.68 bits per heavy atom. The van der Waals surface area contributed by atoms with Crippen LogP contribution in [0.3, 0.4) is 0 Å². The molecule has 5 nitrogen and oxygen atoms in total. The van der Waals surface area contributed by atoms with E-state index in [1.165, 1.54) is 0 Å². The second kappa shape index (κ2) is 4.45. The van der Waals surface area contributed by atoms with Crippen molar-refractivity contribution >= 4 is 27.6 Å². The summed E-state index contributed by atoms with van der Waals surface area (Å²) in [6.45, 7) is 3.32. The summed E-state index contributed by atoms with van der Waals surface area (Å²) in [5.74, 6) is 0.473. The van der Waals surface area contributed by atoms with Gasteiger partial charge in [-0.1, -0.05) is 0 Å². The van der Waals surface area contributed by atoms with Crippen LogP contribution < -0.4 is 11.1 Å². The van der Waals surface area contributed by atoms with E-state index < -0.39 is 0 Å². The number of urea groups is 1. The van der Waals surface area contributed by atoms with Gasteiger partial charge >= 0.3 is 6.03 Å². The Kier molecular flexibility index (Phi) is 3.02. The lowest BCUT2D eigenvalue weighted by atomic mass is 9.70. The van der Waals surface area contributed by atoms with Crippen LogP contribution in [0.4, 0.5) is 10.5 Å². The van der Waals surface area contributed by atoms with E-state index in [0.29, 0.717) is 12.5 Å². The summed E-state index contributed by atoms with van der Waals surface area (Å²) in [5, 5.41) is 2.92. The normalized spacial score (nSPS) is 28.8. The molecule has 1 saturated heterocycles. The summed E-state index contributed by atoms with van der Waals surface area (Å²) in [6, 6.07) is 1.71. The van der Waals surface area contributed by atoms with Crippen LogP contribution in [0.2, 0.25) is 0 Å². The highest BCUT2D eigenvalue weighted by Crippen LogP contribution is 2.42. The number of rotatable bonds is 1. The van der Waals surface area contributed by atoms with Gasteiger partial charge in [-0.15, -0.1) is 0 Å². The molecule has 2 aliphatic rings. The van der Waals surface area contributed by atoms with Crippen molar-refractivity contribution in [2.75, 3.05) is 18.4 Å². The highest BCUT2D eigenvalue weighted by atomic mass is 79.9. The molecule has 1 aromatic heterocycles. The predicted octanol–water partition coefficient (Wildman–Crippen LogP) is 2.11. The molecular formula is C13H17BrN4O. The predicted molar refractivity (Wildman–Crippen MR) is 76.9 cm³/mol. The maximum absolute atomic E-state index is 12.3. The molecule has 0 radical (unpaired) electrons. The Morgan fingerprint density at radius 3 is 3.05 bits per heavy atom. The van der Waals surface area contributed by atoms with Crippen LogP contribution in [0.5, 0.6) is 0 Å². The molecule has 1 aromatic rings. The second-order valence-corrected chi connectivity index (χ2v) is 6.33.